The molecular formula is C21H29N3O5S3. The van der Waals surface area contributed by atoms with Gasteiger partial charge in [-0.2, -0.15) is 11.8 Å². The Hall–Kier alpha value is -2.08. The van der Waals surface area contributed by atoms with Crippen LogP contribution in [0.2, 0.25) is 0 Å². The second-order valence-electron chi connectivity index (χ2n) is 7.29. The van der Waals surface area contributed by atoms with Crippen molar-refractivity contribution in [3.05, 3.63) is 60.2 Å². The van der Waals surface area contributed by atoms with Gasteiger partial charge in [0.25, 0.3) is 0 Å². The lowest BCUT2D eigenvalue weighted by atomic mass is 10.2. The molecule has 0 heterocycles. The molecule has 0 atom stereocenters. The zero-order chi connectivity index (χ0) is 23.8. The van der Waals surface area contributed by atoms with Crippen LogP contribution in [0.1, 0.15) is 12.0 Å². The number of amides is 1. The second-order valence-corrected chi connectivity index (χ2v) is 12.5. The van der Waals surface area contributed by atoms with E-state index >= 15 is 0 Å². The Morgan fingerprint density at radius 3 is 2.16 bits per heavy atom. The molecule has 0 bridgehead atoms. The Balaban J connectivity index is 1.88. The normalized spacial score (nSPS) is 12.0. The Morgan fingerprint density at radius 1 is 0.969 bits per heavy atom. The molecule has 2 aromatic rings. The van der Waals surface area contributed by atoms with E-state index in [2.05, 4.69) is 17.4 Å². The minimum atomic E-state index is -3.74. The zero-order valence-corrected chi connectivity index (χ0v) is 20.8. The summed E-state index contributed by atoms with van der Waals surface area (Å²) in [4.78, 5) is 12.4. The summed E-state index contributed by atoms with van der Waals surface area (Å²) in [6.07, 6.45) is 1.77. The zero-order valence-electron chi connectivity index (χ0n) is 18.4. The summed E-state index contributed by atoms with van der Waals surface area (Å²) in [6.45, 7) is 0.0635. The van der Waals surface area contributed by atoms with E-state index in [0.717, 1.165) is 32.8 Å². The molecule has 8 nitrogen and oxygen atoms in total. The Labute approximate surface area is 195 Å². The number of anilines is 1. The molecule has 0 aromatic heterocycles. The molecule has 176 valence electrons. The minimum Gasteiger partial charge on any atom is -0.354 e. The summed E-state index contributed by atoms with van der Waals surface area (Å²) in [5, 5.41) is 2.74. The van der Waals surface area contributed by atoms with Crippen LogP contribution in [0.15, 0.2) is 59.5 Å². The van der Waals surface area contributed by atoms with Crippen LogP contribution in [-0.4, -0.2) is 66.2 Å². The predicted octanol–water partition coefficient (Wildman–Crippen LogP) is 2.14. The van der Waals surface area contributed by atoms with Gasteiger partial charge in [0.1, 0.15) is 6.54 Å². The molecule has 0 radical (unpaired) electrons. The van der Waals surface area contributed by atoms with Crippen LogP contribution in [0.5, 0.6) is 0 Å². The summed E-state index contributed by atoms with van der Waals surface area (Å²) < 4.78 is 50.9. The number of sulfonamides is 2. The third-order valence-electron chi connectivity index (χ3n) is 4.49. The molecule has 2 rings (SSSR count). The van der Waals surface area contributed by atoms with Gasteiger partial charge in [-0.25, -0.2) is 21.1 Å². The fourth-order valence-electron chi connectivity index (χ4n) is 2.75. The molecule has 1 N–H and O–H groups in total. The van der Waals surface area contributed by atoms with Crippen LogP contribution in [0.25, 0.3) is 0 Å². The third-order valence-corrected chi connectivity index (χ3v) is 8.57. The van der Waals surface area contributed by atoms with Gasteiger partial charge in [-0.15, -0.1) is 0 Å². The van der Waals surface area contributed by atoms with Crippen molar-refractivity contribution in [1.82, 2.24) is 9.62 Å². The van der Waals surface area contributed by atoms with Crippen molar-refractivity contribution in [2.75, 3.05) is 43.5 Å². The molecule has 0 unspecified atom stereocenters. The lowest BCUT2D eigenvalue weighted by Gasteiger charge is -2.22. The van der Waals surface area contributed by atoms with Crippen molar-refractivity contribution >= 4 is 43.4 Å². The van der Waals surface area contributed by atoms with Gasteiger partial charge < -0.3 is 5.32 Å². The van der Waals surface area contributed by atoms with Crippen molar-refractivity contribution in [3.8, 4) is 0 Å². The first-order valence-corrected chi connectivity index (χ1v) is 14.3. The molecule has 0 aliphatic heterocycles. The highest BCUT2D eigenvalue weighted by Crippen LogP contribution is 2.21. The van der Waals surface area contributed by atoms with E-state index in [4.69, 9.17) is 0 Å². The number of carbonyl (C=O) groups is 1. The predicted molar refractivity (Wildman–Crippen MR) is 130 cm³/mol. The fraction of sp³-hybridized carbons (Fsp3) is 0.381. The molecule has 1 amide bonds. The summed E-state index contributed by atoms with van der Waals surface area (Å²) >= 11 is 1.77. The summed E-state index contributed by atoms with van der Waals surface area (Å²) in [7, 11) is -4.54. The van der Waals surface area contributed by atoms with Crippen LogP contribution in [0.3, 0.4) is 0 Å². The van der Waals surface area contributed by atoms with Gasteiger partial charge in [0.05, 0.1) is 16.8 Å². The van der Waals surface area contributed by atoms with Crippen molar-refractivity contribution in [2.24, 2.45) is 0 Å². The third kappa shape index (κ3) is 7.80. The number of nitrogens with one attached hydrogen (secondary N) is 1. The standard InChI is InChI=1S/C21H29N3O5S3/c1-23(2)32(28,29)20-12-10-19(11-13-20)24(31(3,26)27)16-21(25)22-14-7-15-30-17-18-8-5-4-6-9-18/h4-6,8-13H,7,14-17H2,1-3H3,(H,22,25). The number of hydrogen-bond acceptors (Lipinski definition) is 6. The SMILES string of the molecule is CN(C)S(=O)(=O)c1ccc(N(CC(=O)NCCCSCc2ccccc2)S(C)(=O)=O)cc1. The summed E-state index contributed by atoms with van der Waals surface area (Å²) in [6, 6.07) is 15.5. The molecule has 0 spiro atoms. The van der Waals surface area contributed by atoms with Crippen LogP contribution >= 0.6 is 11.8 Å². The van der Waals surface area contributed by atoms with Gasteiger partial charge in [-0.05, 0) is 42.0 Å². The molecule has 0 fully saturated rings. The highest BCUT2D eigenvalue weighted by Gasteiger charge is 2.22. The van der Waals surface area contributed by atoms with Crippen molar-refractivity contribution in [3.63, 3.8) is 0 Å². The van der Waals surface area contributed by atoms with E-state index in [0.29, 0.717) is 6.54 Å². The summed E-state index contributed by atoms with van der Waals surface area (Å²) in [5.41, 5.74) is 1.47. The van der Waals surface area contributed by atoms with E-state index in [1.165, 1.54) is 43.9 Å². The highest BCUT2D eigenvalue weighted by molar-refractivity contribution is 7.98. The molecule has 0 aliphatic carbocycles. The maximum Gasteiger partial charge on any atom is 0.242 e. The average molecular weight is 500 g/mol. The van der Waals surface area contributed by atoms with Crippen molar-refractivity contribution in [1.29, 1.82) is 0 Å². The summed E-state index contributed by atoms with van der Waals surface area (Å²) in [5.74, 6) is 1.34. The smallest absolute Gasteiger partial charge is 0.242 e. The maximum absolute atomic E-state index is 12.3. The van der Waals surface area contributed by atoms with Gasteiger partial charge in [0.2, 0.25) is 26.0 Å². The van der Waals surface area contributed by atoms with Crippen LogP contribution in [0.4, 0.5) is 5.69 Å². The quantitative estimate of drug-likeness (QED) is 0.449. The fourth-order valence-corrected chi connectivity index (χ4v) is 5.43. The molecule has 2 aromatic carbocycles. The molecule has 11 heteroatoms. The van der Waals surface area contributed by atoms with Gasteiger partial charge in [-0.1, -0.05) is 30.3 Å². The van der Waals surface area contributed by atoms with E-state index in [1.54, 1.807) is 11.8 Å². The number of thioether (sulfide) groups is 1. The van der Waals surface area contributed by atoms with Crippen molar-refractivity contribution < 1.29 is 21.6 Å². The van der Waals surface area contributed by atoms with Crippen LogP contribution in [0, 0.1) is 0 Å². The first kappa shape index (κ1) is 26.2. The molecule has 0 saturated carbocycles. The van der Waals surface area contributed by atoms with E-state index in [-0.39, 0.29) is 17.1 Å². The number of benzene rings is 2. The first-order valence-electron chi connectivity index (χ1n) is 9.90. The van der Waals surface area contributed by atoms with Crippen LogP contribution < -0.4 is 9.62 Å². The van der Waals surface area contributed by atoms with Gasteiger partial charge in [0.15, 0.2) is 0 Å². The van der Waals surface area contributed by atoms with Gasteiger partial charge >= 0.3 is 0 Å². The molecule has 0 saturated heterocycles. The molecular weight excluding hydrogens is 470 g/mol. The van der Waals surface area contributed by atoms with E-state index in [9.17, 15) is 21.6 Å². The monoisotopic (exact) mass is 499 g/mol. The highest BCUT2D eigenvalue weighted by atomic mass is 32.2. The molecule has 32 heavy (non-hydrogen) atoms. The molecule has 0 aliphatic rings. The van der Waals surface area contributed by atoms with E-state index < -0.39 is 26.0 Å². The largest absolute Gasteiger partial charge is 0.354 e. The number of nitrogens with zero attached hydrogens (tertiary/aromatic N) is 2. The number of carbonyl (C=O) groups excluding carboxylic acids is 1. The maximum atomic E-state index is 12.3. The Kier molecular flexibility index (Phi) is 9.56. The van der Waals surface area contributed by atoms with Crippen LogP contribution in [-0.2, 0) is 30.6 Å². The first-order chi connectivity index (χ1) is 15.0. The lowest BCUT2D eigenvalue weighted by molar-refractivity contribution is -0.119. The van der Waals surface area contributed by atoms with Crippen molar-refractivity contribution in [2.45, 2.75) is 17.1 Å². The van der Waals surface area contributed by atoms with E-state index in [1.807, 2.05) is 18.2 Å². The van der Waals surface area contributed by atoms with Gasteiger partial charge in [0, 0.05) is 26.4 Å². The average Bonchev–Trinajstić information content (AvgIpc) is 2.74. The second kappa shape index (κ2) is 11.7. The Bertz CT molecular complexity index is 1090. The number of hydrogen-bond donors (Lipinski definition) is 1. The Morgan fingerprint density at radius 2 is 1.59 bits per heavy atom. The number of rotatable bonds is 12. The minimum absolute atomic E-state index is 0.0390. The lowest BCUT2D eigenvalue weighted by Crippen LogP contribution is -2.40. The topological polar surface area (TPSA) is 104 Å². The van der Waals surface area contributed by atoms with Gasteiger partial charge in [-0.3, -0.25) is 9.10 Å².